The molecule has 302 valence electrons. The number of morpholine rings is 1. The SMILES string of the molecule is CN(CC(=O)OCc1ccccc1)C(=O)c1cccc(N2CCO[C@H]([C@@H](O)C(=O)Nc3ccc(C#N)c(CN(C(=O)OC(C)(C)C)C(=O)OC(C)(C)C)c3)C2=O)c1. The van der Waals surface area contributed by atoms with Crippen LogP contribution < -0.4 is 10.2 Å². The predicted molar refractivity (Wildman–Crippen MR) is 206 cm³/mol. The maximum Gasteiger partial charge on any atom is 0.420 e. The molecule has 1 heterocycles. The van der Waals surface area contributed by atoms with Gasteiger partial charge in [-0.2, -0.15) is 5.26 Å². The van der Waals surface area contributed by atoms with Crippen molar-refractivity contribution in [3.8, 4) is 6.07 Å². The average Bonchev–Trinajstić information content (AvgIpc) is 3.14. The third-order valence-electron chi connectivity index (χ3n) is 8.09. The van der Waals surface area contributed by atoms with E-state index in [2.05, 4.69) is 5.32 Å². The fourth-order valence-corrected chi connectivity index (χ4v) is 5.44. The number of hydrogen-bond donors (Lipinski definition) is 2. The quantitative estimate of drug-likeness (QED) is 0.199. The van der Waals surface area contributed by atoms with Gasteiger partial charge in [0.15, 0.2) is 12.2 Å². The molecule has 0 unspecified atom stereocenters. The van der Waals surface area contributed by atoms with Gasteiger partial charge in [0.2, 0.25) is 0 Å². The molecular formula is C41H47N5O11. The van der Waals surface area contributed by atoms with Gasteiger partial charge < -0.3 is 39.2 Å². The lowest BCUT2D eigenvalue weighted by Gasteiger charge is -2.34. The number of amides is 5. The molecule has 1 aliphatic rings. The van der Waals surface area contributed by atoms with E-state index in [1.807, 2.05) is 36.4 Å². The Morgan fingerprint density at radius 3 is 2.21 bits per heavy atom. The van der Waals surface area contributed by atoms with Crippen LogP contribution in [0.3, 0.4) is 0 Å². The molecule has 16 heteroatoms. The van der Waals surface area contributed by atoms with Gasteiger partial charge in [0.1, 0.15) is 24.4 Å². The van der Waals surface area contributed by atoms with Gasteiger partial charge in [-0.25, -0.2) is 14.5 Å². The first-order valence-electron chi connectivity index (χ1n) is 18.0. The van der Waals surface area contributed by atoms with Crippen LogP contribution in [-0.4, -0.2) is 101 Å². The molecular weight excluding hydrogens is 738 g/mol. The normalized spacial score (nSPS) is 14.8. The molecule has 1 fully saturated rings. The van der Waals surface area contributed by atoms with Crippen LogP contribution in [0.1, 0.15) is 68.6 Å². The predicted octanol–water partition coefficient (Wildman–Crippen LogP) is 4.78. The number of likely N-dealkylation sites (N-methyl/N-ethyl adjacent to an activating group) is 1. The second kappa shape index (κ2) is 18.5. The number of anilines is 2. The number of benzene rings is 3. The monoisotopic (exact) mass is 785 g/mol. The number of nitriles is 1. The largest absolute Gasteiger partial charge is 0.459 e. The highest BCUT2D eigenvalue weighted by Gasteiger charge is 2.40. The van der Waals surface area contributed by atoms with Crippen molar-refractivity contribution < 1.29 is 52.8 Å². The van der Waals surface area contributed by atoms with E-state index in [0.29, 0.717) is 10.6 Å². The van der Waals surface area contributed by atoms with E-state index >= 15 is 0 Å². The zero-order chi connectivity index (χ0) is 42.1. The van der Waals surface area contributed by atoms with E-state index in [1.54, 1.807) is 53.7 Å². The van der Waals surface area contributed by atoms with E-state index in [-0.39, 0.29) is 48.7 Å². The summed E-state index contributed by atoms with van der Waals surface area (Å²) in [7, 11) is 1.44. The van der Waals surface area contributed by atoms with Crippen molar-refractivity contribution in [1.29, 1.82) is 5.26 Å². The fraction of sp³-hybridized carbons (Fsp3) is 0.390. The number of hydrogen-bond acceptors (Lipinski definition) is 12. The molecule has 0 aliphatic carbocycles. The number of nitrogens with one attached hydrogen (secondary N) is 1. The van der Waals surface area contributed by atoms with E-state index in [1.165, 1.54) is 47.2 Å². The van der Waals surface area contributed by atoms with Crippen LogP contribution in [0.5, 0.6) is 0 Å². The highest BCUT2D eigenvalue weighted by Crippen LogP contribution is 2.25. The van der Waals surface area contributed by atoms with Crippen LogP contribution in [0.25, 0.3) is 0 Å². The van der Waals surface area contributed by atoms with Gasteiger partial charge in [-0.05, 0) is 89.1 Å². The first-order chi connectivity index (χ1) is 26.8. The molecule has 0 bridgehead atoms. The molecule has 16 nitrogen and oxygen atoms in total. The summed E-state index contributed by atoms with van der Waals surface area (Å²) in [6.45, 7) is 8.98. The molecule has 2 atom stereocenters. The summed E-state index contributed by atoms with van der Waals surface area (Å²) < 4.78 is 21.6. The summed E-state index contributed by atoms with van der Waals surface area (Å²) in [5, 5.41) is 23.4. The van der Waals surface area contributed by atoms with E-state index in [0.717, 1.165) is 5.56 Å². The molecule has 0 saturated carbocycles. The lowest BCUT2D eigenvalue weighted by molar-refractivity contribution is -0.150. The molecule has 1 saturated heterocycles. The van der Waals surface area contributed by atoms with E-state index in [4.69, 9.17) is 18.9 Å². The highest BCUT2D eigenvalue weighted by molar-refractivity contribution is 6.05. The lowest BCUT2D eigenvalue weighted by atomic mass is 10.1. The van der Waals surface area contributed by atoms with Gasteiger partial charge >= 0.3 is 18.2 Å². The van der Waals surface area contributed by atoms with E-state index < -0.39 is 65.8 Å². The summed E-state index contributed by atoms with van der Waals surface area (Å²) >= 11 is 0. The van der Waals surface area contributed by atoms with Crippen molar-refractivity contribution in [2.24, 2.45) is 0 Å². The van der Waals surface area contributed by atoms with Gasteiger partial charge in [-0.3, -0.25) is 19.2 Å². The Kier molecular flexibility index (Phi) is 14.1. The zero-order valence-electron chi connectivity index (χ0n) is 32.9. The number of aliphatic hydroxyl groups excluding tert-OH is 1. The van der Waals surface area contributed by atoms with Gasteiger partial charge in [0.05, 0.1) is 24.8 Å². The van der Waals surface area contributed by atoms with Crippen LogP contribution in [0.2, 0.25) is 0 Å². The van der Waals surface area contributed by atoms with Crippen LogP contribution in [0.15, 0.2) is 72.8 Å². The first kappa shape index (κ1) is 43.4. The smallest absolute Gasteiger partial charge is 0.420 e. The van der Waals surface area contributed by atoms with Gasteiger partial charge in [-0.15, -0.1) is 0 Å². The number of nitrogens with zero attached hydrogens (tertiary/aromatic N) is 4. The number of carbonyl (C=O) groups excluding carboxylic acids is 6. The maximum atomic E-state index is 13.6. The molecule has 4 rings (SSSR count). The molecule has 57 heavy (non-hydrogen) atoms. The van der Waals surface area contributed by atoms with Gasteiger partial charge in [-0.1, -0.05) is 36.4 Å². The first-order valence-corrected chi connectivity index (χ1v) is 18.0. The highest BCUT2D eigenvalue weighted by atomic mass is 16.6. The third-order valence-corrected chi connectivity index (χ3v) is 8.09. The minimum atomic E-state index is -2.00. The van der Waals surface area contributed by atoms with Crippen molar-refractivity contribution in [1.82, 2.24) is 9.80 Å². The van der Waals surface area contributed by atoms with Crippen LogP contribution in [0, 0.1) is 11.3 Å². The number of esters is 1. The standard InChI is InChI=1S/C41H47N5O11/c1-40(2,3)56-38(52)46(39(53)57-41(4,5)6)23-29-20-30(17-16-28(29)22-42)43-35(49)33(48)34-37(51)45(18-19-54-34)31-15-11-14-27(21-31)36(50)44(7)24-32(47)55-25-26-12-9-8-10-13-26/h8-17,20-21,33-34,48H,18-19,23-25H2,1-7H3,(H,43,49)/t33-,34-/m1/s1. The van der Waals surface area contributed by atoms with Crippen LogP contribution >= 0.6 is 0 Å². The average molecular weight is 786 g/mol. The minimum Gasteiger partial charge on any atom is -0.459 e. The van der Waals surface area contributed by atoms with Crippen molar-refractivity contribution in [3.05, 3.63) is 95.1 Å². The summed E-state index contributed by atoms with van der Waals surface area (Å²) in [5.41, 5.74) is -0.381. The summed E-state index contributed by atoms with van der Waals surface area (Å²) in [4.78, 5) is 82.0. The summed E-state index contributed by atoms with van der Waals surface area (Å²) in [5.74, 6) is -2.89. The fourth-order valence-electron chi connectivity index (χ4n) is 5.44. The molecule has 3 aromatic carbocycles. The molecule has 0 spiro atoms. The van der Waals surface area contributed by atoms with Crippen molar-refractivity contribution >= 4 is 47.3 Å². The van der Waals surface area contributed by atoms with Crippen molar-refractivity contribution in [2.75, 3.05) is 37.0 Å². The minimum absolute atomic E-state index is 0.0494. The Balaban J connectivity index is 1.44. The second-order valence-electron chi connectivity index (χ2n) is 15.1. The van der Waals surface area contributed by atoms with Gasteiger partial charge in [0.25, 0.3) is 17.7 Å². The number of carbonyl (C=O) groups is 6. The Labute approximate surface area is 330 Å². The number of aliphatic hydroxyl groups is 1. The number of ether oxygens (including phenoxy) is 4. The van der Waals surface area contributed by atoms with Gasteiger partial charge in [0, 0.05) is 30.5 Å². The molecule has 0 radical (unpaired) electrons. The molecule has 5 amide bonds. The van der Waals surface area contributed by atoms with Crippen LogP contribution in [-0.2, 0) is 46.5 Å². The Morgan fingerprint density at radius 2 is 1.60 bits per heavy atom. The second-order valence-corrected chi connectivity index (χ2v) is 15.1. The molecule has 1 aliphatic heterocycles. The van der Waals surface area contributed by atoms with Crippen molar-refractivity contribution in [3.63, 3.8) is 0 Å². The number of rotatable bonds is 11. The topological polar surface area (TPSA) is 205 Å². The molecule has 0 aromatic heterocycles. The van der Waals surface area contributed by atoms with Crippen molar-refractivity contribution in [2.45, 2.75) is 78.1 Å². The Morgan fingerprint density at radius 1 is 0.947 bits per heavy atom. The lowest BCUT2D eigenvalue weighted by Crippen LogP contribution is -2.55. The Bertz CT molecular complexity index is 1990. The zero-order valence-corrected chi connectivity index (χ0v) is 32.9. The Hall–Kier alpha value is -6.31. The third kappa shape index (κ3) is 12.3. The summed E-state index contributed by atoms with van der Waals surface area (Å²) in [6.07, 6.45) is -5.68. The number of imide groups is 1. The summed E-state index contributed by atoms with van der Waals surface area (Å²) in [6, 6.07) is 21.2. The maximum absolute atomic E-state index is 13.6. The van der Waals surface area contributed by atoms with Crippen LogP contribution in [0.4, 0.5) is 21.0 Å². The molecule has 2 N–H and O–H groups in total. The van der Waals surface area contributed by atoms with E-state index in [9.17, 15) is 39.1 Å². The molecule has 3 aromatic rings.